The van der Waals surface area contributed by atoms with E-state index in [2.05, 4.69) is 5.32 Å². The van der Waals surface area contributed by atoms with Gasteiger partial charge in [0, 0.05) is 32.1 Å². The van der Waals surface area contributed by atoms with Crippen LogP contribution >= 0.6 is 0 Å². The minimum Gasteiger partial charge on any atom is -0.481 e. The summed E-state index contributed by atoms with van der Waals surface area (Å²) in [5.74, 6) is -0.790. The zero-order valence-corrected chi connectivity index (χ0v) is 10.0. The summed E-state index contributed by atoms with van der Waals surface area (Å²) in [5.41, 5.74) is 5.75. The van der Waals surface area contributed by atoms with Crippen LogP contribution in [0.25, 0.3) is 0 Å². The van der Waals surface area contributed by atoms with E-state index >= 15 is 0 Å². The first-order valence-corrected chi connectivity index (χ1v) is 6.09. The molecule has 0 radical (unpaired) electrons. The second kappa shape index (κ2) is 7.11. The lowest BCUT2D eigenvalue weighted by Crippen LogP contribution is -2.47. The fourth-order valence-electron chi connectivity index (χ4n) is 1.81. The number of rotatable bonds is 5. The lowest BCUT2D eigenvalue weighted by atomic mass is 10.1. The molecule has 1 aliphatic rings. The number of aliphatic carboxylic acids is 1. The lowest BCUT2D eigenvalue weighted by Gasteiger charge is -2.30. The molecule has 0 aliphatic carbocycles. The van der Waals surface area contributed by atoms with Crippen molar-refractivity contribution in [2.75, 3.05) is 19.6 Å². The first-order valence-electron chi connectivity index (χ1n) is 6.09. The maximum absolute atomic E-state index is 11.7. The number of carboxylic acids is 1. The Balaban J connectivity index is 2.06. The van der Waals surface area contributed by atoms with Gasteiger partial charge in [-0.3, -0.25) is 4.79 Å². The molecule has 0 bridgehead atoms. The van der Waals surface area contributed by atoms with Crippen LogP contribution in [-0.4, -0.2) is 47.7 Å². The van der Waals surface area contributed by atoms with Crippen LogP contribution in [0.1, 0.15) is 32.1 Å². The number of carboxylic acid groups (broad SMARTS) is 1. The number of amides is 2. The number of unbranched alkanes of at least 4 members (excludes halogenated alkanes) is 1. The molecule has 1 aliphatic heterocycles. The molecule has 0 saturated carbocycles. The number of nitrogens with two attached hydrogens (primary N) is 1. The van der Waals surface area contributed by atoms with Crippen LogP contribution in [0.5, 0.6) is 0 Å². The molecular weight excluding hydrogens is 222 g/mol. The summed E-state index contributed by atoms with van der Waals surface area (Å²) in [6, 6.07) is 0.154. The quantitative estimate of drug-likeness (QED) is 0.608. The number of hydrogen-bond donors (Lipinski definition) is 3. The van der Waals surface area contributed by atoms with Gasteiger partial charge >= 0.3 is 12.0 Å². The Hall–Kier alpha value is -1.30. The Labute approximate surface area is 101 Å². The van der Waals surface area contributed by atoms with Crippen molar-refractivity contribution in [1.82, 2.24) is 10.2 Å². The highest BCUT2D eigenvalue weighted by Crippen LogP contribution is 2.07. The first-order chi connectivity index (χ1) is 8.09. The molecule has 0 aromatic carbocycles. The lowest BCUT2D eigenvalue weighted by molar-refractivity contribution is -0.137. The molecule has 0 unspecified atom stereocenters. The Morgan fingerprint density at radius 2 is 1.94 bits per heavy atom. The van der Waals surface area contributed by atoms with E-state index in [1.54, 1.807) is 4.90 Å². The highest BCUT2D eigenvalue weighted by molar-refractivity contribution is 5.74. The van der Waals surface area contributed by atoms with Crippen molar-refractivity contribution in [3.8, 4) is 0 Å². The normalized spacial score (nSPS) is 16.9. The zero-order valence-electron chi connectivity index (χ0n) is 10.0. The maximum Gasteiger partial charge on any atom is 0.317 e. The molecule has 4 N–H and O–H groups in total. The number of piperidine rings is 1. The maximum atomic E-state index is 11.7. The predicted octanol–water partition coefficient (Wildman–Crippen LogP) is 0.374. The first kappa shape index (κ1) is 13.8. The predicted molar refractivity (Wildman–Crippen MR) is 63.7 cm³/mol. The smallest absolute Gasteiger partial charge is 0.317 e. The Morgan fingerprint density at radius 3 is 2.53 bits per heavy atom. The average Bonchev–Trinajstić information content (AvgIpc) is 2.29. The fraction of sp³-hybridized carbons (Fsp3) is 0.818. The van der Waals surface area contributed by atoms with E-state index in [0.717, 1.165) is 12.8 Å². The summed E-state index contributed by atoms with van der Waals surface area (Å²) in [4.78, 5) is 23.7. The molecule has 0 atom stereocenters. The number of hydrogen-bond acceptors (Lipinski definition) is 3. The van der Waals surface area contributed by atoms with Crippen molar-refractivity contribution < 1.29 is 14.7 Å². The van der Waals surface area contributed by atoms with Crippen LogP contribution in [0.2, 0.25) is 0 Å². The molecule has 0 spiro atoms. The molecule has 2 amide bonds. The van der Waals surface area contributed by atoms with Crippen molar-refractivity contribution in [1.29, 1.82) is 0 Å². The van der Waals surface area contributed by atoms with E-state index in [1.165, 1.54) is 0 Å². The van der Waals surface area contributed by atoms with Gasteiger partial charge < -0.3 is 21.1 Å². The van der Waals surface area contributed by atoms with E-state index in [9.17, 15) is 9.59 Å². The monoisotopic (exact) mass is 243 g/mol. The van der Waals surface area contributed by atoms with E-state index in [1.807, 2.05) is 0 Å². The van der Waals surface area contributed by atoms with Crippen molar-refractivity contribution in [3.63, 3.8) is 0 Å². The molecule has 6 heteroatoms. The summed E-state index contributed by atoms with van der Waals surface area (Å²) in [6.07, 6.45) is 3.17. The van der Waals surface area contributed by atoms with Gasteiger partial charge in [-0.05, 0) is 25.7 Å². The molecule has 17 heavy (non-hydrogen) atoms. The van der Waals surface area contributed by atoms with Crippen LogP contribution in [0.3, 0.4) is 0 Å². The van der Waals surface area contributed by atoms with Crippen molar-refractivity contribution in [3.05, 3.63) is 0 Å². The molecular formula is C11H21N3O3. The zero-order chi connectivity index (χ0) is 12.7. The number of nitrogens with one attached hydrogen (secondary N) is 1. The second-order valence-corrected chi connectivity index (χ2v) is 4.41. The number of nitrogens with zero attached hydrogens (tertiary/aromatic N) is 1. The number of likely N-dealkylation sites (tertiary alicyclic amines) is 1. The summed E-state index contributed by atoms with van der Waals surface area (Å²) in [5, 5.41) is 11.2. The second-order valence-electron chi connectivity index (χ2n) is 4.41. The van der Waals surface area contributed by atoms with Gasteiger partial charge in [-0.2, -0.15) is 0 Å². The van der Waals surface area contributed by atoms with Gasteiger partial charge in [-0.1, -0.05) is 0 Å². The summed E-state index contributed by atoms with van der Waals surface area (Å²) < 4.78 is 0. The average molecular weight is 243 g/mol. The van der Waals surface area contributed by atoms with Gasteiger partial charge in [-0.25, -0.2) is 4.79 Å². The molecule has 0 aromatic rings. The van der Waals surface area contributed by atoms with Crippen molar-refractivity contribution >= 4 is 12.0 Å². The molecule has 1 rings (SSSR count). The highest BCUT2D eigenvalue weighted by atomic mass is 16.4. The Kier molecular flexibility index (Phi) is 5.76. The minimum absolute atomic E-state index is 0.0628. The van der Waals surface area contributed by atoms with Crippen LogP contribution in [0, 0.1) is 0 Å². The van der Waals surface area contributed by atoms with Gasteiger partial charge in [-0.15, -0.1) is 0 Å². The number of carbonyl (C=O) groups excluding carboxylic acids is 1. The van der Waals surface area contributed by atoms with Crippen molar-refractivity contribution in [2.45, 2.75) is 38.1 Å². The molecule has 98 valence electrons. The SMILES string of the molecule is NC1CCN(C(=O)NCCCCC(=O)O)CC1. The standard InChI is InChI=1S/C11H21N3O3/c12-9-4-7-14(8-5-9)11(17)13-6-2-1-3-10(15)16/h9H,1-8,12H2,(H,13,17)(H,15,16). The summed E-state index contributed by atoms with van der Waals surface area (Å²) in [7, 11) is 0. The van der Waals surface area contributed by atoms with E-state index in [-0.39, 0.29) is 18.5 Å². The van der Waals surface area contributed by atoms with Crippen LogP contribution < -0.4 is 11.1 Å². The summed E-state index contributed by atoms with van der Waals surface area (Å²) in [6.45, 7) is 1.96. The third-order valence-electron chi connectivity index (χ3n) is 2.92. The van der Waals surface area contributed by atoms with E-state index in [4.69, 9.17) is 10.8 Å². The summed E-state index contributed by atoms with van der Waals surface area (Å²) >= 11 is 0. The number of urea groups is 1. The fourth-order valence-corrected chi connectivity index (χ4v) is 1.81. The van der Waals surface area contributed by atoms with Crippen LogP contribution in [0.15, 0.2) is 0 Å². The molecule has 1 fully saturated rings. The molecule has 1 heterocycles. The number of carbonyl (C=O) groups is 2. The van der Waals surface area contributed by atoms with Crippen LogP contribution in [-0.2, 0) is 4.79 Å². The van der Waals surface area contributed by atoms with E-state index in [0.29, 0.717) is 32.5 Å². The van der Waals surface area contributed by atoms with Crippen molar-refractivity contribution in [2.24, 2.45) is 5.73 Å². The largest absolute Gasteiger partial charge is 0.481 e. The minimum atomic E-state index is -0.790. The molecule has 1 saturated heterocycles. The molecule has 6 nitrogen and oxygen atoms in total. The van der Waals surface area contributed by atoms with Gasteiger partial charge in [0.1, 0.15) is 0 Å². The van der Waals surface area contributed by atoms with E-state index < -0.39 is 5.97 Å². The molecule has 0 aromatic heterocycles. The van der Waals surface area contributed by atoms with Gasteiger partial charge in [0.15, 0.2) is 0 Å². The van der Waals surface area contributed by atoms with Gasteiger partial charge in [0.25, 0.3) is 0 Å². The third kappa shape index (κ3) is 5.53. The Morgan fingerprint density at radius 1 is 1.29 bits per heavy atom. The Bertz CT molecular complexity index is 263. The third-order valence-corrected chi connectivity index (χ3v) is 2.92. The highest BCUT2D eigenvalue weighted by Gasteiger charge is 2.19. The van der Waals surface area contributed by atoms with Gasteiger partial charge in [0.05, 0.1) is 0 Å². The topological polar surface area (TPSA) is 95.7 Å². The van der Waals surface area contributed by atoms with Crippen LogP contribution in [0.4, 0.5) is 4.79 Å². The van der Waals surface area contributed by atoms with Gasteiger partial charge in [0.2, 0.25) is 0 Å².